The van der Waals surface area contributed by atoms with Crippen molar-refractivity contribution in [1.29, 1.82) is 0 Å². The van der Waals surface area contributed by atoms with Crippen molar-refractivity contribution < 1.29 is 9.32 Å². The van der Waals surface area contributed by atoms with E-state index in [9.17, 15) is 4.79 Å². The largest absolute Gasteiger partial charge is 0.335 e. The summed E-state index contributed by atoms with van der Waals surface area (Å²) in [5.41, 5.74) is 1.89. The van der Waals surface area contributed by atoms with Gasteiger partial charge in [0.15, 0.2) is 6.33 Å². The number of amides is 1. The summed E-state index contributed by atoms with van der Waals surface area (Å²) in [4.78, 5) is 14.4. The summed E-state index contributed by atoms with van der Waals surface area (Å²) in [7, 11) is 0. The highest BCUT2D eigenvalue weighted by molar-refractivity contribution is 5.66. The Balaban J connectivity index is 2.31. The first-order valence-electron chi connectivity index (χ1n) is 4.61. The number of hydrogen-bond acceptors (Lipinski definition) is 4. The highest BCUT2D eigenvalue weighted by Gasteiger charge is 2.17. The molecule has 2 rings (SSSR count). The fourth-order valence-corrected chi connectivity index (χ4v) is 1.68. The van der Waals surface area contributed by atoms with Crippen molar-refractivity contribution in [3.05, 3.63) is 17.9 Å². The Morgan fingerprint density at radius 2 is 2.29 bits per heavy atom. The minimum absolute atomic E-state index is 0.522. The quantitative estimate of drug-likeness (QED) is 0.730. The smallest absolute Gasteiger partial charge is 0.255 e. The van der Waals surface area contributed by atoms with Crippen LogP contribution in [-0.4, -0.2) is 16.6 Å². The molecule has 0 unspecified atom stereocenters. The lowest BCUT2D eigenvalue weighted by Crippen LogP contribution is -2.15. The van der Waals surface area contributed by atoms with Crippen LogP contribution >= 0.6 is 0 Å². The van der Waals surface area contributed by atoms with Crippen molar-refractivity contribution in [3.8, 4) is 0 Å². The third kappa shape index (κ3) is 1.66. The van der Waals surface area contributed by atoms with E-state index in [1.165, 1.54) is 6.33 Å². The maximum Gasteiger partial charge on any atom is 0.255 e. The van der Waals surface area contributed by atoms with E-state index in [0.29, 0.717) is 12.3 Å². The Hall–Kier alpha value is -1.65. The second kappa shape index (κ2) is 4.04. The first kappa shape index (κ1) is 8.93. The van der Waals surface area contributed by atoms with Gasteiger partial charge in [0.05, 0.1) is 0 Å². The summed E-state index contributed by atoms with van der Waals surface area (Å²) < 4.78 is 4.97. The average Bonchev–Trinajstić information content (AvgIpc) is 2.72. The van der Waals surface area contributed by atoms with E-state index in [1.54, 1.807) is 0 Å². The number of carbonyl (C=O) groups excluding carboxylic acids is 1. The van der Waals surface area contributed by atoms with Crippen molar-refractivity contribution in [3.63, 3.8) is 0 Å². The second-order valence-electron chi connectivity index (χ2n) is 3.17. The van der Waals surface area contributed by atoms with Gasteiger partial charge in [0.25, 0.3) is 5.89 Å². The minimum Gasteiger partial charge on any atom is -0.335 e. The van der Waals surface area contributed by atoms with E-state index >= 15 is 0 Å². The number of allylic oxidation sites excluding steroid dienone is 2. The van der Waals surface area contributed by atoms with Gasteiger partial charge in [-0.1, -0.05) is 5.16 Å². The summed E-state index contributed by atoms with van der Waals surface area (Å²) >= 11 is 0. The lowest BCUT2D eigenvalue weighted by atomic mass is 9.96. The molecule has 1 aromatic rings. The van der Waals surface area contributed by atoms with Gasteiger partial charge >= 0.3 is 0 Å². The standard InChI is InChI=1S/C9H11N3O2/c13-6-11-8-4-2-1-3-7(8)9-10-5-12-14-9/h5-6H,1-4H2,(H,11,13). The molecule has 1 aliphatic carbocycles. The number of nitrogens with one attached hydrogen (secondary N) is 1. The van der Waals surface area contributed by atoms with Gasteiger partial charge < -0.3 is 9.84 Å². The highest BCUT2D eigenvalue weighted by atomic mass is 16.5. The zero-order valence-corrected chi connectivity index (χ0v) is 7.69. The first-order chi connectivity index (χ1) is 6.92. The van der Waals surface area contributed by atoms with E-state index in [4.69, 9.17) is 4.52 Å². The molecule has 0 aliphatic heterocycles. The molecule has 1 aliphatic rings. The lowest BCUT2D eigenvalue weighted by molar-refractivity contribution is -0.109. The molecule has 1 amide bonds. The zero-order valence-electron chi connectivity index (χ0n) is 7.69. The molecule has 0 saturated heterocycles. The van der Waals surface area contributed by atoms with Crippen molar-refractivity contribution in [1.82, 2.24) is 15.5 Å². The summed E-state index contributed by atoms with van der Waals surface area (Å²) in [6.45, 7) is 0. The summed E-state index contributed by atoms with van der Waals surface area (Å²) in [5.74, 6) is 0.522. The Kier molecular flexibility index (Phi) is 2.58. The van der Waals surface area contributed by atoms with Crippen LogP contribution in [0.25, 0.3) is 5.57 Å². The average molecular weight is 193 g/mol. The van der Waals surface area contributed by atoms with Crippen LogP contribution in [0.15, 0.2) is 16.5 Å². The van der Waals surface area contributed by atoms with E-state index < -0.39 is 0 Å². The normalized spacial score (nSPS) is 16.9. The third-order valence-corrected chi connectivity index (χ3v) is 2.32. The molecule has 5 nitrogen and oxygen atoms in total. The molecule has 5 heteroatoms. The number of nitrogens with zero attached hydrogens (tertiary/aromatic N) is 2. The Morgan fingerprint density at radius 3 is 3.00 bits per heavy atom. The molecule has 14 heavy (non-hydrogen) atoms. The number of rotatable bonds is 3. The molecule has 1 aromatic heterocycles. The number of carbonyl (C=O) groups is 1. The molecule has 0 saturated carbocycles. The van der Waals surface area contributed by atoms with E-state index in [2.05, 4.69) is 15.5 Å². The summed E-state index contributed by atoms with van der Waals surface area (Å²) in [5, 5.41) is 6.25. The van der Waals surface area contributed by atoms with Gasteiger partial charge in [0.2, 0.25) is 6.41 Å². The highest BCUT2D eigenvalue weighted by Crippen LogP contribution is 2.29. The van der Waals surface area contributed by atoms with Crippen LogP contribution in [0.2, 0.25) is 0 Å². The molecular weight excluding hydrogens is 182 g/mol. The predicted octanol–water partition coefficient (Wildman–Crippen LogP) is 1.10. The molecule has 74 valence electrons. The van der Waals surface area contributed by atoms with Crippen molar-refractivity contribution >= 4 is 12.0 Å². The van der Waals surface area contributed by atoms with Crippen LogP contribution in [0.3, 0.4) is 0 Å². The maximum absolute atomic E-state index is 10.4. The maximum atomic E-state index is 10.4. The zero-order chi connectivity index (χ0) is 9.80. The molecule has 0 bridgehead atoms. The molecule has 0 atom stereocenters. The van der Waals surface area contributed by atoms with Crippen LogP contribution in [0, 0.1) is 0 Å². The van der Waals surface area contributed by atoms with Crippen LogP contribution in [0.5, 0.6) is 0 Å². The number of hydrogen-bond donors (Lipinski definition) is 1. The van der Waals surface area contributed by atoms with E-state index in [-0.39, 0.29) is 0 Å². The Labute approximate surface area is 81.2 Å². The monoisotopic (exact) mass is 193 g/mol. The van der Waals surface area contributed by atoms with Crippen LogP contribution in [-0.2, 0) is 4.79 Å². The van der Waals surface area contributed by atoms with Crippen molar-refractivity contribution in [2.75, 3.05) is 0 Å². The Morgan fingerprint density at radius 1 is 1.43 bits per heavy atom. The molecule has 1 N–H and O–H groups in total. The molecule has 0 spiro atoms. The molecule has 1 heterocycles. The van der Waals surface area contributed by atoms with Gasteiger partial charge in [0.1, 0.15) is 0 Å². The topological polar surface area (TPSA) is 68.0 Å². The minimum atomic E-state index is 0.522. The fraction of sp³-hybridized carbons (Fsp3) is 0.444. The van der Waals surface area contributed by atoms with Gasteiger partial charge in [0, 0.05) is 11.3 Å². The number of aromatic nitrogens is 2. The summed E-state index contributed by atoms with van der Waals surface area (Å²) in [6, 6.07) is 0. The van der Waals surface area contributed by atoms with Gasteiger partial charge in [-0.25, -0.2) is 0 Å². The third-order valence-electron chi connectivity index (χ3n) is 2.32. The fourth-order valence-electron chi connectivity index (χ4n) is 1.68. The molecule has 0 aromatic carbocycles. The van der Waals surface area contributed by atoms with Gasteiger partial charge in [-0.3, -0.25) is 4.79 Å². The molecule has 0 fully saturated rings. The SMILES string of the molecule is O=CNC1=C(c2ncno2)CCCC1. The lowest BCUT2D eigenvalue weighted by Gasteiger charge is -2.16. The molecular formula is C9H11N3O2. The summed E-state index contributed by atoms with van der Waals surface area (Å²) in [6.07, 6.45) is 6.01. The van der Waals surface area contributed by atoms with Crippen LogP contribution in [0.4, 0.5) is 0 Å². The van der Waals surface area contributed by atoms with Crippen LogP contribution in [0.1, 0.15) is 31.6 Å². The van der Waals surface area contributed by atoms with Crippen molar-refractivity contribution in [2.45, 2.75) is 25.7 Å². The van der Waals surface area contributed by atoms with Gasteiger partial charge in [-0.2, -0.15) is 4.98 Å². The van der Waals surface area contributed by atoms with Gasteiger partial charge in [-0.15, -0.1) is 0 Å². The molecule has 0 radical (unpaired) electrons. The van der Waals surface area contributed by atoms with Crippen molar-refractivity contribution in [2.24, 2.45) is 0 Å². The Bertz CT molecular complexity index is 343. The van der Waals surface area contributed by atoms with Gasteiger partial charge in [-0.05, 0) is 25.7 Å². The van der Waals surface area contributed by atoms with Crippen LogP contribution < -0.4 is 5.32 Å². The first-order valence-corrected chi connectivity index (χ1v) is 4.61. The second-order valence-corrected chi connectivity index (χ2v) is 3.17. The predicted molar refractivity (Wildman–Crippen MR) is 48.9 cm³/mol. The van der Waals surface area contributed by atoms with E-state index in [0.717, 1.165) is 37.0 Å². The van der Waals surface area contributed by atoms with E-state index in [1.807, 2.05) is 0 Å².